The molecule has 0 radical (unpaired) electrons. The van der Waals surface area contributed by atoms with Gasteiger partial charge in [0, 0.05) is 6.08 Å². The smallest absolute Gasteiger partial charge is 0.331 e. The van der Waals surface area contributed by atoms with Crippen LogP contribution in [0.1, 0.15) is 12.5 Å². The quantitative estimate of drug-likeness (QED) is 0.487. The summed E-state index contributed by atoms with van der Waals surface area (Å²) in [4.78, 5) is 11.1. The molecular weight excluding hydrogens is 291 g/mol. The highest BCUT2D eigenvalue weighted by Crippen LogP contribution is 2.05. The zero-order chi connectivity index (χ0) is 10.4. The lowest BCUT2D eigenvalue weighted by Gasteiger charge is -2.01. The average molecular weight is 302 g/mol. The van der Waals surface area contributed by atoms with Gasteiger partial charge in [-0.25, -0.2) is 4.79 Å². The SMILES string of the molecule is C/C(I)=C\C(=O)OCc1ccccc1. The zero-order valence-electron chi connectivity index (χ0n) is 7.87. The second-order valence-electron chi connectivity index (χ2n) is 2.82. The molecule has 0 saturated carbocycles. The number of hydrogen-bond donors (Lipinski definition) is 0. The highest BCUT2D eigenvalue weighted by Gasteiger charge is 1.98. The molecule has 14 heavy (non-hydrogen) atoms. The van der Waals surface area contributed by atoms with Crippen LogP contribution in [-0.2, 0) is 16.1 Å². The largest absolute Gasteiger partial charge is 0.458 e. The van der Waals surface area contributed by atoms with E-state index >= 15 is 0 Å². The van der Waals surface area contributed by atoms with Gasteiger partial charge in [0.25, 0.3) is 0 Å². The van der Waals surface area contributed by atoms with E-state index in [0.717, 1.165) is 9.14 Å². The van der Waals surface area contributed by atoms with Gasteiger partial charge in [-0.2, -0.15) is 0 Å². The first-order valence-electron chi connectivity index (χ1n) is 4.23. The van der Waals surface area contributed by atoms with E-state index in [1.807, 2.05) is 37.3 Å². The Morgan fingerprint density at radius 2 is 2.07 bits per heavy atom. The van der Waals surface area contributed by atoms with Crippen LogP contribution < -0.4 is 0 Å². The highest BCUT2D eigenvalue weighted by molar-refractivity contribution is 14.1. The van der Waals surface area contributed by atoms with Crippen LogP contribution in [0.5, 0.6) is 0 Å². The summed E-state index contributed by atoms with van der Waals surface area (Å²) >= 11 is 2.07. The Balaban J connectivity index is 2.42. The fourth-order valence-corrected chi connectivity index (χ4v) is 1.19. The van der Waals surface area contributed by atoms with Gasteiger partial charge in [-0.3, -0.25) is 0 Å². The fraction of sp³-hybridized carbons (Fsp3) is 0.182. The van der Waals surface area contributed by atoms with Crippen molar-refractivity contribution >= 4 is 28.6 Å². The molecule has 0 spiro atoms. The molecule has 0 saturated heterocycles. The second kappa shape index (κ2) is 5.80. The molecular formula is C11H11IO2. The number of ether oxygens (including phenoxy) is 1. The van der Waals surface area contributed by atoms with Crippen molar-refractivity contribution in [3.05, 3.63) is 45.6 Å². The normalized spacial score (nSPS) is 11.1. The minimum atomic E-state index is -0.291. The topological polar surface area (TPSA) is 26.3 Å². The number of allylic oxidation sites excluding steroid dienone is 1. The van der Waals surface area contributed by atoms with E-state index in [0.29, 0.717) is 6.61 Å². The molecule has 1 rings (SSSR count). The highest BCUT2D eigenvalue weighted by atomic mass is 127. The molecule has 0 aliphatic carbocycles. The molecule has 0 bridgehead atoms. The van der Waals surface area contributed by atoms with E-state index < -0.39 is 0 Å². The van der Waals surface area contributed by atoms with Crippen molar-refractivity contribution in [3.63, 3.8) is 0 Å². The van der Waals surface area contributed by atoms with Crippen molar-refractivity contribution in [2.24, 2.45) is 0 Å². The van der Waals surface area contributed by atoms with Crippen LogP contribution in [0.3, 0.4) is 0 Å². The van der Waals surface area contributed by atoms with Crippen molar-refractivity contribution in [3.8, 4) is 0 Å². The van der Waals surface area contributed by atoms with Crippen LogP contribution in [0.2, 0.25) is 0 Å². The van der Waals surface area contributed by atoms with Crippen LogP contribution in [0.15, 0.2) is 40.0 Å². The molecule has 0 N–H and O–H groups in total. The van der Waals surface area contributed by atoms with Crippen LogP contribution in [0, 0.1) is 0 Å². The minimum absolute atomic E-state index is 0.291. The van der Waals surface area contributed by atoms with Crippen molar-refractivity contribution in [2.45, 2.75) is 13.5 Å². The van der Waals surface area contributed by atoms with Crippen LogP contribution in [0.4, 0.5) is 0 Å². The molecule has 0 aliphatic heterocycles. The Labute approximate surface area is 97.1 Å². The molecule has 2 nitrogen and oxygen atoms in total. The molecule has 1 aromatic carbocycles. The third kappa shape index (κ3) is 4.41. The third-order valence-electron chi connectivity index (χ3n) is 1.54. The van der Waals surface area contributed by atoms with E-state index in [9.17, 15) is 4.79 Å². The van der Waals surface area contributed by atoms with Gasteiger partial charge < -0.3 is 4.74 Å². The van der Waals surface area contributed by atoms with Gasteiger partial charge in [0.2, 0.25) is 0 Å². The molecule has 0 unspecified atom stereocenters. The Bertz CT molecular complexity index is 326. The average Bonchev–Trinajstić information content (AvgIpc) is 2.15. The number of esters is 1. The predicted molar refractivity (Wildman–Crippen MR) is 64.0 cm³/mol. The van der Waals surface area contributed by atoms with Crippen molar-refractivity contribution in [1.82, 2.24) is 0 Å². The zero-order valence-corrected chi connectivity index (χ0v) is 10.0. The van der Waals surface area contributed by atoms with Gasteiger partial charge in [-0.15, -0.1) is 0 Å². The van der Waals surface area contributed by atoms with Gasteiger partial charge in [-0.1, -0.05) is 30.3 Å². The summed E-state index contributed by atoms with van der Waals surface area (Å²) in [6.45, 7) is 2.18. The molecule has 3 heteroatoms. The van der Waals surface area contributed by atoms with Gasteiger partial charge in [0.1, 0.15) is 6.61 Å². The van der Waals surface area contributed by atoms with E-state index in [2.05, 4.69) is 22.6 Å². The lowest BCUT2D eigenvalue weighted by atomic mass is 10.2. The summed E-state index contributed by atoms with van der Waals surface area (Å²) in [5, 5.41) is 0. The van der Waals surface area contributed by atoms with Crippen LogP contribution in [-0.4, -0.2) is 5.97 Å². The Morgan fingerprint density at radius 1 is 1.43 bits per heavy atom. The lowest BCUT2D eigenvalue weighted by Crippen LogP contribution is -2.00. The Morgan fingerprint density at radius 3 is 2.64 bits per heavy atom. The number of halogens is 1. The molecule has 0 amide bonds. The molecule has 0 heterocycles. The van der Waals surface area contributed by atoms with E-state index in [1.54, 1.807) is 0 Å². The van der Waals surface area contributed by atoms with Crippen molar-refractivity contribution in [2.75, 3.05) is 0 Å². The van der Waals surface area contributed by atoms with Gasteiger partial charge in [-0.05, 0) is 38.7 Å². The first-order chi connectivity index (χ1) is 6.68. The monoisotopic (exact) mass is 302 g/mol. The Kier molecular flexibility index (Phi) is 4.65. The number of hydrogen-bond acceptors (Lipinski definition) is 2. The standard InChI is InChI=1S/C11H11IO2/c1-9(12)7-11(13)14-8-10-5-3-2-4-6-10/h2-7H,8H2,1H3/b9-7+. The van der Waals surface area contributed by atoms with Gasteiger partial charge in [0.15, 0.2) is 0 Å². The summed E-state index contributed by atoms with van der Waals surface area (Å²) in [5.74, 6) is -0.291. The minimum Gasteiger partial charge on any atom is -0.458 e. The fourth-order valence-electron chi connectivity index (χ4n) is 0.933. The maximum Gasteiger partial charge on any atom is 0.331 e. The van der Waals surface area contributed by atoms with E-state index in [1.165, 1.54) is 6.08 Å². The maximum atomic E-state index is 11.1. The summed E-state index contributed by atoms with van der Waals surface area (Å²) < 4.78 is 5.94. The lowest BCUT2D eigenvalue weighted by molar-refractivity contribution is -0.139. The van der Waals surface area contributed by atoms with Crippen molar-refractivity contribution < 1.29 is 9.53 Å². The van der Waals surface area contributed by atoms with Crippen LogP contribution >= 0.6 is 22.6 Å². The maximum absolute atomic E-state index is 11.1. The molecule has 0 fully saturated rings. The number of benzene rings is 1. The predicted octanol–water partition coefficient (Wildman–Crippen LogP) is 3.07. The molecule has 74 valence electrons. The molecule has 0 atom stereocenters. The summed E-state index contributed by atoms with van der Waals surface area (Å²) in [6, 6.07) is 9.62. The van der Waals surface area contributed by atoms with Gasteiger partial charge >= 0.3 is 5.97 Å². The number of carbonyl (C=O) groups excluding carboxylic acids is 1. The van der Waals surface area contributed by atoms with E-state index in [4.69, 9.17) is 4.74 Å². The first kappa shape index (κ1) is 11.2. The molecule has 0 aromatic heterocycles. The first-order valence-corrected chi connectivity index (χ1v) is 5.31. The number of rotatable bonds is 3. The van der Waals surface area contributed by atoms with Crippen LogP contribution in [0.25, 0.3) is 0 Å². The Hall–Kier alpha value is -0.840. The third-order valence-corrected chi connectivity index (χ3v) is 1.85. The number of carbonyl (C=O) groups is 1. The summed E-state index contributed by atoms with van der Waals surface area (Å²) in [5.41, 5.74) is 1.00. The van der Waals surface area contributed by atoms with E-state index in [-0.39, 0.29) is 5.97 Å². The van der Waals surface area contributed by atoms with Crippen molar-refractivity contribution in [1.29, 1.82) is 0 Å². The molecule has 0 aliphatic rings. The van der Waals surface area contributed by atoms with Gasteiger partial charge in [0.05, 0.1) is 0 Å². The summed E-state index contributed by atoms with van der Waals surface area (Å²) in [7, 11) is 0. The molecule has 1 aromatic rings. The summed E-state index contributed by atoms with van der Waals surface area (Å²) in [6.07, 6.45) is 1.48. The second-order valence-corrected chi connectivity index (χ2v) is 4.53.